The van der Waals surface area contributed by atoms with Gasteiger partial charge in [0.15, 0.2) is 12.3 Å². The smallest absolute Gasteiger partial charge is 0.354 e. The lowest BCUT2D eigenvalue weighted by Gasteiger charge is -2.17. The molecule has 0 radical (unpaired) electrons. The Bertz CT molecular complexity index is 4820. The molecule has 6 amide bonds. The van der Waals surface area contributed by atoms with Crippen molar-refractivity contribution in [3.63, 3.8) is 0 Å². The van der Waals surface area contributed by atoms with Gasteiger partial charge < -0.3 is 71.9 Å². The Morgan fingerprint density at radius 2 is 1.01 bits per heavy atom. The first kappa shape index (κ1) is 66.8. The van der Waals surface area contributed by atoms with Crippen molar-refractivity contribution in [2.24, 2.45) is 10.9 Å². The summed E-state index contributed by atoms with van der Waals surface area (Å²) < 4.78 is 46.8. The molecule has 10 aromatic rings. The van der Waals surface area contributed by atoms with E-state index in [4.69, 9.17) is 39.8 Å². The molecule has 0 fully saturated rings. The largest absolute Gasteiger partial charge is 0.507 e. The Kier molecular flexibility index (Phi) is 20.7. The van der Waals surface area contributed by atoms with Gasteiger partial charge in [-0.15, -0.1) is 0 Å². The fraction of sp³-hybridized carbons (Fsp3) is 0.179. The van der Waals surface area contributed by atoms with Crippen LogP contribution < -0.4 is 61.7 Å². The molecule has 492 valence electrons. The second kappa shape index (κ2) is 29.7. The number of nitrogens with one attached hydrogen (secondary N) is 6. The molecular weight excluding hydrogens is 1260 g/mol. The maximum Gasteiger partial charge on any atom is 0.354 e. The third-order valence-electron chi connectivity index (χ3n) is 14.4. The van der Waals surface area contributed by atoms with Gasteiger partial charge in [0.05, 0.1) is 69.0 Å². The molecule has 0 aliphatic rings. The van der Waals surface area contributed by atoms with Gasteiger partial charge in [-0.3, -0.25) is 19.2 Å². The van der Waals surface area contributed by atoms with Gasteiger partial charge in [0, 0.05) is 64.5 Å². The van der Waals surface area contributed by atoms with Crippen molar-refractivity contribution in [2.45, 2.75) is 50.7 Å². The highest BCUT2D eigenvalue weighted by molar-refractivity contribution is 7.89. The predicted molar refractivity (Wildman–Crippen MR) is 355 cm³/mol. The Morgan fingerprint density at radius 3 is 1.56 bits per heavy atom. The number of anilines is 4. The molecule has 4 aromatic heterocycles. The fourth-order valence-electron chi connectivity index (χ4n) is 9.91. The molecule has 0 bridgehead atoms. The summed E-state index contributed by atoms with van der Waals surface area (Å²) in [5, 5.41) is 53.5. The van der Waals surface area contributed by atoms with E-state index in [0.29, 0.717) is 48.1 Å². The summed E-state index contributed by atoms with van der Waals surface area (Å²) in [5.74, 6) is -5.03. The van der Waals surface area contributed by atoms with Crippen molar-refractivity contribution >= 4 is 118 Å². The second-order valence-corrected chi connectivity index (χ2v) is 23.3. The second-order valence-electron chi connectivity index (χ2n) is 21.7. The number of pyridine rings is 4. The van der Waals surface area contributed by atoms with Gasteiger partial charge in [-0.1, -0.05) is 36.4 Å². The number of aliphatic carboxylic acids is 1. The number of amides is 6. The number of carbonyl (C=O) groups excluding carboxylic acids is 5. The third-order valence-corrected chi connectivity index (χ3v) is 15.3. The number of hydrogen-bond donors (Lipinski definition) is 11. The minimum absolute atomic E-state index is 0.00838. The first-order valence-corrected chi connectivity index (χ1v) is 31.3. The molecular formula is C67H62N12O16S. The number of fused-ring (bicyclic) bond motifs is 4. The summed E-state index contributed by atoms with van der Waals surface area (Å²) in [7, 11) is -3.90. The van der Waals surface area contributed by atoms with Crippen molar-refractivity contribution in [2.75, 3.05) is 54.2 Å². The zero-order valence-electron chi connectivity index (χ0n) is 51.3. The number of para-hydroxylation sites is 4. The average Bonchev–Trinajstić information content (AvgIpc) is 0.788. The van der Waals surface area contributed by atoms with Crippen molar-refractivity contribution < 1.29 is 76.2 Å². The van der Waals surface area contributed by atoms with Gasteiger partial charge in [0.1, 0.15) is 45.8 Å². The Morgan fingerprint density at radius 1 is 0.521 bits per heavy atom. The van der Waals surface area contributed by atoms with E-state index < -0.39 is 69.7 Å². The van der Waals surface area contributed by atoms with Crippen LogP contribution in [-0.4, -0.2) is 124 Å². The van der Waals surface area contributed by atoms with Crippen LogP contribution in [0.15, 0.2) is 150 Å². The van der Waals surface area contributed by atoms with Crippen LogP contribution in [0.2, 0.25) is 0 Å². The Hall–Kier alpha value is -12.1. The number of carboxylic acid groups (broad SMARTS) is 2. The number of sulfonamides is 1. The number of carboxylic acids is 2. The number of nitrogens with zero attached hydrogens (tertiary/aromatic N) is 4. The molecule has 28 nitrogen and oxygen atoms in total. The van der Waals surface area contributed by atoms with E-state index >= 15 is 0 Å². The summed E-state index contributed by atoms with van der Waals surface area (Å²) in [6.45, 7) is 4.03. The molecule has 13 N–H and O–H groups in total. The molecule has 0 aliphatic heterocycles. The molecule has 10 rings (SSSR count). The van der Waals surface area contributed by atoms with E-state index in [2.05, 4.69) is 41.9 Å². The number of aromatic hydroxyl groups is 1. The maximum atomic E-state index is 14.6. The summed E-state index contributed by atoms with van der Waals surface area (Å²) in [4.78, 5) is 111. The van der Waals surface area contributed by atoms with Crippen LogP contribution in [-0.2, 0) is 21.4 Å². The minimum atomic E-state index is -3.90. The van der Waals surface area contributed by atoms with Crippen LogP contribution in [0, 0.1) is 0 Å². The van der Waals surface area contributed by atoms with Gasteiger partial charge >= 0.3 is 18.0 Å². The van der Waals surface area contributed by atoms with Crippen LogP contribution >= 0.6 is 0 Å². The fourth-order valence-corrected chi connectivity index (χ4v) is 10.4. The van der Waals surface area contributed by atoms with Gasteiger partial charge in [-0.25, -0.2) is 47.9 Å². The van der Waals surface area contributed by atoms with Crippen molar-refractivity contribution in [3.8, 4) is 28.7 Å². The number of carbonyl (C=O) groups is 7. The number of rotatable bonds is 27. The van der Waals surface area contributed by atoms with Crippen molar-refractivity contribution in [3.05, 3.63) is 179 Å². The summed E-state index contributed by atoms with van der Waals surface area (Å²) in [6, 6.07) is 35.8. The summed E-state index contributed by atoms with van der Waals surface area (Å²) >= 11 is 0. The van der Waals surface area contributed by atoms with Gasteiger partial charge in [-0.2, -0.15) is 0 Å². The number of hydrogen-bond acceptors (Lipinski definition) is 19. The Labute approximate surface area is 546 Å². The SMILES string of the molecule is CC(C)Oc1cc(C(=O)Nc2cccc3c(OCCCN)cc(C(=O)Nc4cccc5c(O)cc(C(=O)Nc6cccc7c(OCC(=O)O)cc(C(=O)O)nc67)nc45)nc23)nc2c(NC(=O)NCCCCOc3cccc(CNC(=O)c4ccc(S(N)(=O)=O)cc4)c3)cccc12. The zero-order chi connectivity index (χ0) is 68.2. The van der Waals surface area contributed by atoms with Crippen molar-refractivity contribution in [1.29, 1.82) is 0 Å². The average molecular weight is 1320 g/mol. The zero-order valence-corrected chi connectivity index (χ0v) is 52.1. The van der Waals surface area contributed by atoms with Gasteiger partial charge in [-0.05, 0) is 130 Å². The van der Waals surface area contributed by atoms with Crippen LogP contribution in [0.3, 0.4) is 0 Å². The summed E-state index contributed by atoms with van der Waals surface area (Å²) in [5.41, 5.74) is 6.41. The van der Waals surface area contributed by atoms with Crippen LogP contribution in [0.1, 0.15) is 91.0 Å². The van der Waals surface area contributed by atoms with E-state index in [1.54, 1.807) is 54.6 Å². The molecule has 0 spiro atoms. The highest BCUT2D eigenvalue weighted by Gasteiger charge is 2.24. The lowest BCUT2D eigenvalue weighted by Crippen LogP contribution is -2.29. The topological polar surface area (TPSA) is 427 Å². The molecule has 0 saturated carbocycles. The summed E-state index contributed by atoms with van der Waals surface area (Å²) in [6.07, 6.45) is 1.20. The number of nitrogens with two attached hydrogens (primary N) is 2. The molecule has 0 atom stereocenters. The lowest BCUT2D eigenvalue weighted by atomic mass is 10.1. The quantitative estimate of drug-likeness (QED) is 0.0215. The van der Waals surface area contributed by atoms with Gasteiger partial charge in [0.25, 0.3) is 23.6 Å². The molecule has 4 heterocycles. The monoisotopic (exact) mass is 1320 g/mol. The van der Waals surface area contributed by atoms with Crippen LogP contribution in [0.4, 0.5) is 27.5 Å². The molecule has 96 heavy (non-hydrogen) atoms. The first-order valence-electron chi connectivity index (χ1n) is 29.7. The highest BCUT2D eigenvalue weighted by Crippen LogP contribution is 2.37. The maximum absolute atomic E-state index is 14.6. The molecule has 0 unspecified atom stereocenters. The molecule has 0 aliphatic carbocycles. The van der Waals surface area contributed by atoms with Crippen molar-refractivity contribution in [1.82, 2.24) is 30.6 Å². The minimum Gasteiger partial charge on any atom is -0.507 e. The standard InChI is InChI=1S/C67H62N12O16S/c1-36(2)95-56-32-51(74-61-44(56)16-9-20-48(61)79-67(89)70-26-3-4-27-92-39-12-5-11-37(29-39)34-71-62(83)38-21-23-40(24-22-38)96(69,90)91)65(86)78-46-18-7-14-42-54(93-28-10-25-68)31-50(73-59(42)46)64(85)76-45-17-6-13-41-53(80)30-49(72-58(41)45)63(84)77-47-19-8-15-43-55(94-35-57(81)82)33-52(66(87)88)75-60(43)47/h5-9,11-24,29-33,36H,3-4,10,25-28,34-35,68H2,1-2H3,(H,71,83)(H,72,80)(H,76,85)(H,77,84)(H,78,86)(H,81,82)(H,87,88)(H2,69,90,91)(H2,70,79,89). The van der Waals surface area contributed by atoms with E-state index in [9.17, 15) is 57.3 Å². The van der Waals surface area contributed by atoms with Crippen LogP contribution in [0.25, 0.3) is 43.6 Å². The highest BCUT2D eigenvalue weighted by atomic mass is 32.2. The first-order chi connectivity index (χ1) is 46.1. The molecule has 29 heteroatoms. The number of aromatic carboxylic acids is 1. The predicted octanol–water partition coefficient (Wildman–Crippen LogP) is 8.58. The lowest BCUT2D eigenvalue weighted by molar-refractivity contribution is -0.139. The molecule has 6 aromatic carbocycles. The number of ether oxygens (including phenoxy) is 4. The normalized spacial score (nSPS) is 11.3. The number of urea groups is 1. The number of primary sulfonamides is 1. The van der Waals surface area contributed by atoms with E-state index in [0.717, 1.165) is 17.7 Å². The third kappa shape index (κ3) is 16.2. The van der Waals surface area contributed by atoms with E-state index in [1.165, 1.54) is 72.8 Å². The Balaban J connectivity index is 0.829. The number of unbranched alkanes of at least 4 members (excludes halogenated alkanes) is 1. The van der Waals surface area contributed by atoms with E-state index in [1.807, 2.05) is 19.9 Å². The molecule has 0 saturated heterocycles. The number of benzene rings is 6. The van der Waals surface area contributed by atoms with E-state index in [-0.39, 0.29) is 127 Å². The van der Waals surface area contributed by atoms with Gasteiger partial charge in [0.2, 0.25) is 10.0 Å². The number of aromatic nitrogens is 4. The van der Waals surface area contributed by atoms with Crippen LogP contribution in [0.5, 0.6) is 28.7 Å².